The molecule has 7 aromatic carbocycles. The van der Waals surface area contributed by atoms with Gasteiger partial charge in [0.2, 0.25) is 29.1 Å². The maximum Gasteiger partial charge on any atom is 1.00 e. The average Bonchev–Trinajstić information content (AvgIpc) is 1.58. The Kier molecular flexibility index (Phi) is 42.0. The SMILES string of the molecule is C.C.C.CC1(C)OC[C@H](CC2(S(=O)(=O)Cc3ccccc3)CC2)O1.CC1(C)OC[C@H](CC2(S(=O)(=O)Cl)CC2)O1.CC1(C)OC[C@H](CC2(S(=O)(=O)[O-])CC2)O1.COc1cc(F)c(F)c(Cc2ccc(I)cc2F)c1N.COc1cc(F)c(F)c(Cc2ccc(I)cc2F)c1NS(=O)(=O)C1(C[C@H](O)CO)CC1.COc1cc(F)c(F)c(Cc2ccc(I)cc2F)c1NS(=O)(=O)C1(C[C@H]2COC(C)(C)O2)CC1.[Na+]. The second-order valence-corrected chi connectivity index (χ2v) is 51.9. The molecular formula is C94H121ClF9I3N3NaO24S5. The van der Waals surface area contributed by atoms with E-state index in [4.69, 9.17) is 73.6 Å². The van der Waals surface area contributed by atoms with Crippen molar-refractivity contribution in [2.75, 3.05) is 69.5 Å². The molecule has 5 atom stereocenters. The van der Waals surface area contributed by atoms with Gasteiger partial charge in [-0.25, -0.2) is 81.6 Å². The van der Waals surface area contributed by atoms with Gasteiger partial charge >= 0.3 is 29.6 Å². The Balaban J connectivity index is 0.000000233. The number of nitrogen functional groups attached to an aromatic ring is 1. The molecule has 4 heterocycles. The Hall–Kier alpha value is -4.50. The fourth-order valence-electron chi connectivity index (χ4n) is 16.4. The number of ether oxygens (including phenoxy) is 11. The zero-order valence-corrected chi connectivity index (χ0v) is 90.4. The summed E-state index contributed by atoms with van der Waals surface area (Å²) in [4.78, 5) is 0. The van der Waals surface area contributed by atoms with Gasteiger partial charge in [0.15, 0.2) is 67.9 Å². The summed E-state index contributed by atoms with van der Waals surface area (Å²) in [5.74, 6) is -11.9. The molecule has 0 amide bonds. The van der Waals surface area contributed by atoms with Crippen molar-refractivity contribution in [3.63, 3.8) is 0 Å². The fraction of sp³-hybridized carbons (Fsp3) is 0.553. The molecule has 0 unspecified atom stereocenters. The summed E-state index contributed by atoms with van der Waals surface area (Å²) in [7, 11) is -9.99. The molecule has 9 aliphatic rings. The zero-order chi connectivity index (χ0) is 101. The standard InChI is InChI=1S/C23H25F3INO5S.C20H21F3INO5S.C16H22O4S.C14H11F3INO.C9H15ClO4S.C9H16O5S.3CH4.Na/c1-22(2)32-12-15(33-22)11-23(6-7-23)34(29,30)28-21-16(20(26)18(25)10-19(21)31-3)8-13-4-5-14(27)9-17(13)24;1-30-17-8-16(22)18(23)14(6-11-2-3-12(24)7-15(11)21)19(17)25-31(28,29)20(4-5-20)9-13(27)10-26;1-15(2)19-11-14(20-15)10-16(8-9-16)21(17,18)12-13-6-4-3-5-7-13;1-20-12-6-11(16)13(17)9(14(12)19)4-7-2-3-8(18)5-10(7)15;2*1-8(2)13-6-7(14-8)5-9(3-4-9)15(10,11)12;;;;/h4-5,9-10,15,28H,6-8,11-12H2,1-3H3;2-3,7-8,13,25-27H,4-6,9-10H2,1H3;3-7,14H,8-12H2,1-2H3;2-3,5-6H,4,19H2,1H3;7H,3-6H2,1-2H3;7H,3-6H2,1-2H3,(H,10,11,12);3*1H4;/q;;;;;;;;;+1/p-1/t15-;13-;14-;;2*7-;;;;/m000.00..../s1. The molecule has 46 heteroatoms. The van der Waals surface area contributed by atoms with Crippen LogP contribution in [0.25, 0.3) is 0 Å². The first kappa shape index (κ1) is 122. The number of halogens is 13. The number of rotatable bonds is 31. The van der Waals surface area contributed by atoms with Gasteiger partial charge in [-0.05, 0) is 278 Å². The summed E-state index contributed by atoms with van der Waals surface area (Å²) in [6.45, 7) is 15.4. The van der Waals surface area contributed by atoms with E-state index in [1.165, 1.54) is 57.7 Å². The number of aliphatic hydroxyl groups is 2. The van der Waals surface area contributed by atoms with Crippen LogP contribution in [0.4, 0.5) is 56.6 Å². The molecule has 0 radical (unpaired) electrons. The van der Waals surface area contributed by atoms with Crippen LogP contribution < -0.4 is 58.9 Å². The van der Waals surface area contributed by atoms with Gasteiger partial charge in [0.1, 0.15) is 44.8 Å². The van der Waals surface area contributed by atoms with Crippen molar-refractivity contribution in [1.82, 2.24) is 0 Å². The van der Waals surface area contributed by atoms with Gasteiger partial charge in [-0.2, -0.15) is 0 Å². The Labute approximate surface area is 882 Å². The van der Waals surface area contributed by atoms with Gasteiger partial charge in [-0.3, -0.25) is 9.44 Å². The van der Waals surface area contributed by atoms with E-state index in [2.05, 4.69) is 9.44 Å². The molecule has 9 fully saturated rings. The minimum absolute atomic E-state index is 0. The van der Waals surface area contributed by atoms with Crippen molar-refractivity contribution >= 4 is 145 Å². The monoisotopic (exact) mass is 2450 g/mol. The van der Waals surface area contributed by atoms with Gasteiger partial charge in [-0.1, -0.05) is 70.8 Å². The molecular weight excluding hydrogens is 2330 g/mol. The summed E-state index contributed by atoms with van der Waals surface area (Å²) < 4.78 is 324. The maximum absolute atomic E-state index is 14.9. The summed E-state index contributed by atoms with van der Waals surface area (Å²) in [6, 6.07) is 24.8. The third-order valence-electron chi connectivity index (χ3n) is 24.7. The van der Waals surface area contributed by atoms with Crippen LogP contribution in [0.2, 0.25) is 0 Å². The molecule has 4 aliphatic heterocycles. The van der Waals surface area contributed by atoms with E-state index >= 15 is 0 Å². The fourth-order valence-corrected chi connectivity index (χ4v) is 26.0. The number of aliphatic hydroxyl groups excluding tert-OH is 2. The smallest absolute Gasteiger partial charge is 0.748 e. The quantitative estimate of drug-likeness (QED) is 0.00673. The Morgan fingerprint density at radius 2 is 0.743 bits per heavy atom. The Bertz CT molecular complexity index is 6070. The van der Waals surface area contributed by atoms with Crippen LogP contribution in [0.15, 0.2) is 103 Å². The third kappa shape index (κ3) is 30.7. The number of sulfone groups is 1. The largest absolute Gasteiger partial charge is 1.00 e. The molecule has 16 rings (SSSR count). The molecule has 0 spiro atoms. The summed E-state index contributed by atoms with van der Waals surface area (Å²) in [6.07, 6.45) is 2.98. The summed E-state index contributed by atoms with van der Waals surface area (Å²) >= 11 is 5.80. The minimum atomic E-state index is -4.20. The summed E-state index contributed by atoms with van der Waals surface area (Å²) in [5.41, 5.74) is 5.52. The van der Waals surface area contributed by atoms with Crippen molar-refractivity contribution in [2.45, 2.75) is 276 Å². The Morgan fingerprint density at radius 1 is 0.443 bits per heavy atom. The number of methoxy groups -OCH3 is 3. The van der Waals surface area contributed by atoms with E-state index in [-0.39, 0.29) is 190 Å². The topological polar surface area (TPSA) is 386 Å². The number of sulfonamides is 2. The van der Waals surface area contributed by atoms with E-state index in [1.807, 2.05) is 126 Å². The van der Waals surface area contributed by atoms with Crippen LogP contribution in [0, 0.1) is 63.1 Å². The van der Waals surface area contributed by atoms with E-state index in [0.717, 1.165) is 30.5 Å². The molecule has 5 saturated carbocycles. The number of benzene rings is 7. The first-order valence-electron chi connectivity index (χ1n) is 43.1. The Morgan fingerprint density at radius 3 is 1.04 bits per heavy atom. The van der Waals surface area contributed by atoms with E-state index < -0.39 is 179 Å². The molecule has 778 valence electrons. The first-order chi connectivity index (χ1) is 63.1. The average molecular weight is 2450 g/mol. The molecule has 6 N–H and O–H groups in total. The van der Waals surface area contributed by atoms with E-state index in [9.17, 15) is 91.3 Å². The molecule has 27 nitrogen and oxygen atoms in total. The van der Waals surface area contributed by atoms with Crippen LogP contribution in [-0.2, 0) is 112 Å². The van der Waals surface area contributed by atoms with Crippen LogP contribution >= 0.6 is 78.5 Å². The molecule has 140 heavy (non-hydrogen) atoms. The third-order valence-corrected chi connectivity index (χ3v) is 38.0. The van der Waals surface area contributed by atoms with Gasteiger partial charge < -0.3 is 72.6 Å². The van der Waals surface area contributed by atoms with Crippen molar-refractivity contribution in [2.24, 2.45) is 0 Å². The van der Waals surface area contributed by atoms with E-state index in [0.29, 0.717) is 88.0 Å². The van der Waals surface area contributed by atoms with Crippen molar-refractivity contribution in [3.05, 3.63) is 205 Å². The van der Waals surface area contributed by atoms with Crippen LogP contribution in [0.3, 0.4) is 0 Å². The number of anilines is 3. The molecule has 0 aromatic heterocycles. The van der Waals surface area contributed by atoms with Crippen molar-refractivity contribution in [3.8, 4) is 17.2 Å². The minimum Gasteiger partial charge on any atom is -0.748 e. The summed E-state index contributed by atoms with van der Waals surface area (Å²) in [5, 5.41) is 18.8. The molecule has 5 aliphatic carbocycles. The van der Waals surface area contributed by atoms with Gasteiger partial charge in [0.25, 0.3) is 0 Å². The number of nitrogens with one attached hydrogen (secondary N) is 2. The number of hydrogen-bond acceptors (Lipinski definition) is 25. The van der Waals surface area contributed by atoms with Crippen molar-refractivity contribution < 1.29 is 178 Å². The van der Waals surface area contributed by atoms with Crippen LogP contribution in [-0.4, -0.2) is 189 Å². The zero-order valence-electron chi connectivity index (χ0n) is 77.1. The van der Waals surface area contributed by atoms with Gasteiger partial charge in [0.05, 0.1) is 131 Å². The van der Waals surface area contributed by atoms with Crippen LogP contribution in [0.1, 0.15) is 213 Å². The predicted molar refractivity (Wildman–Crippen MR) is 533 cm³/mol. The van der Waals surface area contributed by atoms with E-state index in [1.54, 1.807) is 45.9 Å². The van der Waals surface area contributed by atoms with Gasteiger partial charge in [-0.15, -0.1) is 0 Å². The normalized spacial score (nSPS) is 21.2. The first-order valence-corrected chi connectivity index (χ1v) is 54.7. The maximum atomic E-state index is 14.9. The van der Waals surface area contributed by atoms with Crippen LogP contribution in [0.5, 0.6) is 17.2 Å². The molecule has 4 saturated heterocycles. The predicted octanol–water partition coefficient (Wildman–Crippen LogP) is 16.2. The second kappa shape index (κ2) is 48.0. The molecule has 0 bridgehead atoms. The number of hydrogen-bond donors (Lipinski definition) is 5. The van der Waals surface area contributed by atoms with Crippen molar-refractivity contribution in [1.29, 1.82) is 0 Å². The molecule has 7 aromatic rings. The van der Waals surface area contributed by atoms with Gasteiger partial charge in [0, 0.05) is 75.5 Å². The number of nitrogens with two attached hydrogens (primary N) is 1. The second-order valence-electron chi connectivity index (χ2n) is 36.9.